The molecule has 18 heavy (non-hydrogen) atoms. The highest BCUT2D eigenvalue weighted by Crippen LogP contribution is 2.13. The number of carbonyl (C=O) groups is 1. The second-order valence-electron chi connectivity index (χ2n) is 3.83. The third-order valence-electron chi connectivity index (χ3n) is 2.52. The summed E-state index contributed by atoms with van der Waals surface area (Å²) in [6, 6.07) is 14.6. The standard InChI is InChI=1S/C14H12ClNOS/c15-11-7-5-10(6-8-11)9-16-14(17)12-3-1-2-4-13(12)18/h1-8,18H,9H2,(H,16,17). The first-order valence-electron chi connectivity index (χ1n) is 5.47. The Morgan fingerprint density at radius 1 is 1.11 bits per heavy atom. The number of amides is 1. The van der Waals surface area contributed by atoms with Gasteiger partial charge in [-0.3, -0.25) is 4.79 Å². The molecule has 0 spiro atoms. The Kier molecular flexibility index (Phi) is 4.28. The molecule has 0 saturated heterocycles. The van der Waals surface area contributed by atoms with E-state index in [9.17, 15) is 4.79 Å². The number of nitrogens with one attached hydrogen (secondary N) is 1. The normalized spacial score (nSPS) is 10.1. The van der Waals surface area contributed by atoms with Gasteiger partial charge in [0.2, 0.25) is 0 Å². The van der Waals surface area contributed by atoms with E-state index < -0.39 is 0 Å². The molecule has 0 aliphatic heterocycles. The maximum Gasteiger partial charge on any atom is 0.252 e. The summed E-state index contributed by atoms with van der Waals surface area (Å²) in [5.74, 6) is -0.129. The van der Waals surface area contributed by atoms with Crippen LogP contribution in [-0.2, 0) is 6.54 Å². The lowest BCUT2D eigenvalue weighted by Crippen LogP contribution is -2.23. The van der Waals surface area contributed by atoms with Gasteiger partial charge in [-0.1, -0.05) is 35.9 Å². The molecular formula is C14H12ClNOS. The van der Waals surface area contributed by atoms with E-state index in [1.807, 2.05) is 24.3 Å². The first-order chi connectivity index (χ1) is 8.66. The molecule has 4 heteroatoms. The summed E-state index contributed by atoms with van der Waals surface area (Å²) in [6.45, 7) is 0.470. The number of hydrogen-bond donors (Lipinski definition) is 2. The van der Waals surface area contributed by atoms with E-state index in [2.05, 4.69) is 17.9 Å². The van der Waals surface area contributed by atoms with Gasteiger partial charge in [0.15, 0.2) is 0 Å². The molecular weight excluding hydrogens is 266 g/mol. The lowest BCUT2D eigenvalue weighted by molar-refractivity contribution is 0.0948. The van der Waals surface area contributed by atoms with Gasteiger partial charge in [0.1, 0.15) is 0 Å². The first kappa shape index (κ1) is 13.0. The fourth-order valence-electron chi connectivity index (χ4n) is 1.55. The summed E-state index contributed by atoms with van der Waals surface area (Å²) in [6.07, 6.45) is 0. The molecule has 2 aromatic carbocycles. The quantitative estimate of drug-likeness (QED) is 0.826. The Hall–Kier alpha value is -1.45. The maximum atomic E-state index is 11.9. The highest BCUT2D eigenvalue weighted by molar-refractivity contribution is 7.80. The molecule has 2 nitrogen and oxygen atoms in total. The highest BCUT2D eigenvalue weighted by Gasteiger charge is 2.07. The number of carbonyl (C=O) groups excluding carboxylic acids is 1. The summed E-state index contributed by atoms with van der Waals surface area (Å²) in [7, 11) is 0. The first-order valence-corrected chi connectivity index (χ1v) is 6.30. The van der Waals surface area contributed by atoms with Gasteiger partial charge in [0.25, 0.3) is 5.91 Å². The van der Waals surface area contributed by atoms with E-state index in [1.165, 1.54) is 0 Å². The number of hydrogen-bond acceptors (Lipinski definition) is 2. The van der Waals surface area contributed by atoms with E-state index >= 15 is 0 Å². The summed E-state index contributed by atoms with van der Waals surface area (Å²) in [4.78, 5) is 12.6. The van der Waals surface area contributed by atoms with Crippen molar-refractivity contribution in [3.05, 3.63) is 64.7 Å². The van der Waals surface area contributed by atoms with Crippen LogP contribution in [0.15, 0.2) is 53.4 Å². The van der Waals surface area contributed by atoms with Gasteiger partial charge in [-0.2, -0.15) is 0 Å². The molecule has 0 atom stereocenters. The van der Waals surface area contributed by atoms with Crippen molar-refractivity contribution in [2.45, 2.75) is 11.4 Å². The molecule has 1 N–H and O–H groups in total. The monoisotopic (exact) mass is 277 g/mol. The molecule has 92 valence electrons. The summed E-state index contributed by atoms with van der Waals surface area (Å²) in [5, 5.41) is 3.53. The van der Waals surface area contributed by atoms with Crippen LogP contribution >= 0.6 is 24.2 Å². The van der Waals surface area contributed by atoms with Crippen LogP contribution in [0, 0.1) is 0 Å². The van der Waals surface area contributed by atoms with Crippen LogP contribution in [0.4, 0.5) is 0 Å². The molecule has 0 aliphatic rings. The van der Waals surface area contributed by atoms with Gasteiger partial charge in [0.05, 0.1) is 5.56 Å². The second-order valence-corrected chi connectivity index (χ2v) is 4.74. The van der Waals surface area contributed by atoms with Crippen molar-refractivity contribution >= 4 is 30.1 Å². The zero-order valence-electron chi connectivity index (χ0n) is 9.56. The van der Waals surface area contributed by atoms with Crippen LogP contribution in [0.3, 0.4) is 0 Å². The molecule has 2 rings (SSSR count). The van der Waals surface area contributed by atoms with Crippen molar-refractivity contribution in [2.75, 3.05) is 0 Å². The minimum absolute atomic E-state index is 0.129. The molecule has 0 saturated carbocycles. The van der Waals surface area contributed by atoms with Gasteiger partial charge in [0, 0.05) is 16.5 Å². The number of rotatable bonds is 3. The minimum Gasteiger partial charge on any atom is -0.348 e. The lowest BCUT2D eigenvalue weighted by atomic mass is 10.2. The average Bonchev–Trinajstić information content (AvgIpc) is 2.38. The minimum atomic E-state index is -0.129. The van der Waals surface area contributed by atoms with Crippen LogP contribution in [0.2, 0.25) is 5.02 Å². The zero-order valence-corrected chi connectivity index (χ0v) is 11.2. The third kappa shape index (κ3) is 3.28. The predicted molar refractivity (Wildman–Crippen MR) is 76.3 cm³/mol. The summed E-state index contributed by atoms with van der Waals surface area (Å²) < 4.78 is 0. The molecule has 1 amide bonds. The Balaban J connectivity index is 2.01. The largest absolute Gasteiger partial charge is 0.348 e. The van der Waals surface area contributed by atoms with Crippen LogP contribution in [0.1, 0.15) is 15.9 Å². The van der Waals surface area contributed by atoms with E-state index in [4.69, 9.17) is 11.6 Å². The van der Waals surface area contributed by atoms with Crippen molar-refractivity contribution in [2.24, 2.45) is 0 Å². The molecule has 0 heterocycles. The van der Waals surface area contributed by atoms with Crippen molar-refractivity contribution < 1.29 is 4.79 Å². The SMILES string of the molecule is O=C(NCc1ccc(Cl)cc1)c1ccccc1S. The fourth-order valence-corrected chi connectivity index (χ4v) is 1.93. The smallest absolute Gasteiger partial charge is 0.252 e. The van der Waals surface area contributed by atoms with E-state index in [1.54, 1.807) is 24.3 Å². The van der Waals surface area contributed by atoms with Crippen molar-refractivity contribution in [3.63, 3.8) is 0 Å². The molecule has 0 unspecified atom stereocenters. The van der Waals surface area contributed by atoms with Crippen LogP contribution < -0.4 is 5.32 Å². The van der Waals surface area contributed by atoms with Gasteiger partial charge in [-0.25, -0.2) is 0 Å². The topological polar surface area (TPSA) is 29.1 Å². The molecule has 0 radical (unpaired) electrons. The van der Waals surface area contributed by atoms with Gasteiger partial charge < -0.3 is 5.32 Å². The van der Waals surface area contributed by atoms with Crippen LogP contribution in [-0.4, -0.2) is 5.91 Å². The lowest BCUT2D eigenvalue weighted by Gasteiger charge is -2.07. The molecule has 0 aliphatic carbocycles. The Morgan fingerprint density at radius 3 is 2.44 bits per heavy atom. The number of thiol groups is 1. The van der Waals surface area contributed by atoms with E-state index in [-0.39, 0.29) is 5.91 Å². The van der Waals surface area contributed by atoms with Gasteiger partial charge in [-0.05, 0) is 29.8 Å². The highest BCUT2D eigenvalue weighted by atomic mass is 35.5. The summed E-state index contributed by atoms with van der Waals surface area (Å²) >= 11 is 10.0. The van der Waals surface area contributed by atoms with E-state index in [0.29, 0.717) is 22.0 Å². The summed E-state index contributed by atoms with van der Waals surface area (Å²) in [5.41, 5.74) is 1.58. The Labute approximate surface area is 116 Å². The maximum absolute atomic E-state index is 11.9. The van der Waals surface area contributed by atoms with Crippen LogP contribution in [0.5, 0.6) is 0 Å². The van der Waals surface area contributed by atoms with Crippen molar-refractivity contribution in [1.82, 2.24) is 5.32 Å². The zero-order chi connectivity index (χ0) is 13.0. The average molecular weight is 278 g/mol. The number of benzene rings is 2. The second kappa shape index (κ2) is 5.94. The van der Waals surface area contributed by atoms with Gasteiger partial charge in [-0.15, -0.1) is 12.6 Å². The van der Waals surface area contributed by atoms with Crippen LogP contribution in [0.25, 0.3) is 0 Å². The van der Waals surface area contributed by atoms with Crippen molar-refractivity contribution in [3.8, 4) is 0 Å². The molecule has 0 bridgehead atoms. The van der Waals surface area contributed by atoms with Gasteiger partial charge >= 0.3 is 0 Å². The Morgan fingerprint density at radius 2 is 1.78 bits per heavy atom. The fraction of sp³-hybridized carbons (Fsp3) is 0.0714. The predicted octanol–water partition coefficient (Wildman–Crippen LogP) is 3.56. The molecule has 0 aromatic heterocycles. The van der Waals surface area contributed by atoms with Crippen molar-refractivity contribution in [1.29, 1.82) is 0 Å². The molecule has 0 fully saturated rings. The number of halogens is 1. The molecule has 2 aromatic rings. The third-order valence-corrected chi connectivity index (χ3v) is 3.16. The van der Waals surface area contributed by atoms with E-state index in [0.717, 1.165) is 5.56 Å². The Bertz CT molecular complexity index is 554.